The van der Waals surface area contributed by atoms with Gasteiger partial charge in [-0.05, 0) is 17.4 Å². The molecule has 0 aliphatic heterocycles. The SMILES string of the molecule is CC(=O)OC(CCN(CC(C)C)C(=O)O)c1cccs1. The third-order valence-corrected chi connectivity index (χ3v) is 3.65. The lowest BCUT2D eigenvalue weighted by molar-refractivity contribution is -0.147. The van der Waals surface area contributed by atoms with Crippen LogP contribution in [0.3, 0.4) is 0 Å². The number of hydrogen-bond acceptors (Lipinski definition) is 4. The fourth-order valence-corrected chi connectivity index (χ4v) is 2.70. The van der Waals surface area contributed by atoms with Gasteiger partial charge in [0.15, 0.2) is 0 Å². The Balaban J connectivity index is 2.65. The number of hydrogen-bond donors (Lipinski definition) is 1. The van der Waals surface area contributed by atoms with E-state index in [9.17, 15) is 9.59 Å². The first-order valence-corrected chi connectivity index (χ1v) is 7.46. The normalized spacial score (nSPS) is 12.2. The van der Waals surface area contributed by atoms with E-state index in [0.29, 0.717) is 19.5 Å². The maximum Gasteiger partial charge on any atom is 0.407 e. The number of amides is 1. The third-order valence-electron chi connectivity index (χ3n) is 2.69. The fraction of sp³-hybridized carbons (Fsp3) is 0.571. The fourth-order valence-electron chi connectivity index (χ4n) is 1.91. The van der Waals surface area contributed by atoms with Crippen molar-refractivity contribution in [2.75, 3.05) is 13.1 Å². The van der Waals surface area contributed by atoms with Crippen molar-refractivity contribution in [3.63, 3.8) is 0 Å². The molecule has 1 amide bonds. The van der Waals surface area contributed by atoms with Crippen molar-refractivity contribution in [3.8, 4) is 0 Å². The number of esters is 1. The Hall–Kier alpha value is -1.56. The highest BCUT2D eigenvalue weighted by molar-refractivity contribution is 7.10. The Morgan fingerprint density at radius 2 is 2.15 bits per heavy atom. The summed E-state index contributed by atoms with van der Waals surface area (Å²) in [6.07, 6.45) is -0.841. The van der Waals surface area contributed by atoms with E-state index in [4.69, 9.17) is 9.84 Å². The van der Waals surface area contributed by atoms with E-state index in [1.54, 1.807) is 0 Å². The Labute approximate surface area is 123 Å². The molecule has 6 heteroatoms. The number of carbonyl (C=O) groups excluding carboxylic acids is 1. The van der Waals surface area contributed by atoms with Crippen LogP contribution in [0.1, 0.15) is 38.2 Å². The van der Waals surface area contributed by atoms with Crippen molar-refractivity contribution in [1.82, 2.24) is 4.90 Å². The molecule has 1 unspecified atom stereocenters. The van der Waals surface area contributed by atoms with Crippen LogP contribution in [0.25, 0.3) is 0 Å². The maximum absolute atomic E-state index is 11.2. The van der Waals surface area contributed by atoms with Gasteiger partial charge in [-0.3, -0.25) is 4.79 Å². The molecule has 1 aromatic heterocycles. The summed E-state index contributed by atoms with van der Waals surface area (Å²) in [6, 6.07) is 3.78. The van der Waals surface area contributed by atoms with E-state index in [2.05, 4.69) is 0 Å². The first kappa shape index (κ1) is 16.5. The minimum absolute atomic E-state index is 0.264. The van der Waals surface area contributed by atoms with Gasteiger partial charge in [0.2, 0.25) is 0 Å². The molecule has 1 atom stereocenters. The highest BCUT2D eigenvalue weighted by atomic mass is 32.1. The topological polar surface area (TPSA) is 66.8 Å². The molecule has 1 rings (SSSR count). The molecule has 0 aliphatic carbocycles. The van der Waals surface area contributed by atoms with Crippen LogP contribution in [0.4, 0.5) is 4.79 Å². The highest BCUT2D eigenvalue weighted by Crippen LogP contribution is 2.26. The zero-order valence-corrected chi connectivity index (χ0v) is 12.9. The molecule has 5 nitrogen and oxygen atoms in total. The predicted molar refractivity (Wildman–Crippen MR) is 77.9 cm³/mol. The monoisotopic (exact) mass is 299 g/mol. The van der Waals surface area contributed by atoms with Crippen LogP contribution in [0.2, 0.25) is 0 Å². The number of ether oxygens (including phenoxy) is 1. The zero-order valence-electron chi connectivity index (χ0n) is 12.0. The van der Waals surface area contributed by atoms with Crippen molar-refractivity contribution in [1.29, 1.82) is 0 Å². The number of rotatable bonds is 7. The minimum atomic E-state index is -0.938. The van der Waals surface area contributed by atoms with Gasteiger partial charge in [0.25, 0.3) is 0 Å². The number of carbonyl (C=O) groups is 2. The summed E-state index contributed by atoms with van der Waals surface area (Å²) in [5.41, 5.74) is 0. The molecule has 0 fully saturated rings. The third kappa shape index (κ3) is 5.61. The second-order valence-electron chi connectivity index (χ2n) is 5.02. The molecule has 1 N–H and O–H groups in total. The van der Waals surface area contributed by atoms with Gasteiger partial charge in [0.05, 0.1) is 0 Å². The van der Waals surface area contributed by atoms with Gasteiger partial charge in [-0.1, -0.05) is 19.9 Å². The highest BCUT2D eigenvalue weighted by Gasteiger charge is 2.20. The van der Waals surface area contributed by atoms with E-state index in [1.807, 2.05) is 31.4 Å². The summed E-state index contributed by atoms with van der Waals surface area (Å²) >= 11 is 1.50. The zero-order chi connectivity index (χ0) is 15.1. The van der Waals surface area contributed by atoms with Gasteiger partial charge in [-0.15, -0.1) is 11.3 Å². The van der Waals surface area contributed by atoms with Gasteiger partial charge in [-0.2, -0.15) is 0 Å². The van der Waals surface area contributed by atoms with Crippen molar-refractivity contribution in [2.24, 2.45) is 5.92 Å². The second kappa shape index (κ2) is 7.89. The van der Waals surface area contributed by atoms with Crippen LogP contribution in [-0.2, 0) is 9.53 Å². The lowest BCUT2D eigenvalue weighted by Gasteiger charge is -2.23. The Kier molecular flexibility index (Phi) is 6.51. The molecular weight excluding hydrogens is 278 g/mol. The van der Waals surface area contributed by atoms with Crippen LogP contribution in [0.5, 0.6) is 0 Å². The van der Waals surface area contributed by atoms with Gasteiger partial charge in [0, 0.05) is 31.3 Å². The summed E-state index contributed by atoms with van der Waals surface area (Å²) in [5, 5.41) is 11.1. The van der Waals surface area contributed by atoms with Crippen LogP contribution < -0.4 is 0 Å². The molecule has 20 heavy (non-hydrogen) atoms. The minimum Gasteiger partial charge on any atom is -0.465 e. The molecule has 0 radical (unpaired) electrons. The second-order valence-corrected chi connectivity index (χ2v) is 6.00. The molecule has 0 aliphatic rings. The van der Waals surface area contributed by atoms with Gasteiger partial charge < -0.3 is 14.7 Å². The maximum atomic E-state index is 11.2. The first-order chi connectivity index (χ1) is 9.40. The summed E-state index contributed by atoms with van der Waals surface area (Å²) in [5.74, 6) is -0.0888. The lowest BCUT2D eigenvalue weighted by atomic mass is 10.1. The van der Waals surface area contributed by atoms with E-state index in [1.165, 1.54) is 23.2 Å². The molecule has 0 saturated carbocycles. The molecule has 0 bridgehead atoms. The largest absolute Gasteiger partial charge is 0.465 e. The lowest BCUT2D eigenvalue weighted by Crippen LogP contribution is -2.34. The molecule has 1 aromatic rings. The average Bonchev–Trinajstić information content (AvgIpc) is 2.85. The van der Waals surface area contributed by atoms with Crippen molar-refractivity contribution >= 4 is 23.4 Å². The predicted octanol–water partition coefficient (Wildman–Crippen LogP) is 3.38. The quantitative estimate of drug-likeness (QED) is 0.784. The van der Waals surface area contributed by atoms with Crippen LogP contribution in [-0.4, -0.2) is 35.2 Å². The summed E-state index contributed by atoms with van der Waals surface area (Å²) < 4.78 is 5.28. The van der Waals surface area contributed by atoms with Crippen molar-refractivity contribution < 1.29 is 19.4 Å². The first-order valence-electron chi connectivity index (χ1n) is 6.58. The molecule has 0 saturated heterocycles. The van der Waals surface area contributed by atoms with Gasteiger partial charge in [0.1, 0.15) is 6.10 Å². The molecule has 1 heterocycles. The van der Waals surface area contributed by atoms with Gasteiger partial charge in [-0.25, -0.2) is 4.79 Å². The molecule has 0 aromatic carbocycles. The Morgan fingerprint density at radius 1 is 1.45 bits per heavy atom. The Morgan fingerprint density at radius 3 is 2.60 bits per heavy atom. The number of carboxylic acid groups (broad SMARTS) is 1. The summed E-state index contributed by atoms with van der Waals surface area (Å²) in [7, 11) is 0. The van der Waals surface area contributed by atoms with E-state index >= 15 is 0 Å². The molecule has 0 spiro atoms. The summed E-state index contributed by atoms with van der Waals surface area (Å²) in [6.45, 7) is 6.14. The van der Waals surface area contributed by atoms with E-state index < -0.39 is 6.09 Å². The number of nitrogens with zero attached hydrogens (tertiary/aromatic N) is 1. The van der Waals surface area contributed by atoms with Crippen molar-refractivity contribution in [2.45, 2.75) is 33.3 Å². The average molecular weight is 299 g/mol. The Bertz CT molecular complexity index is 430. The van der Waals surface area contributed by atoms with E-state index in [-0.39, 0.29) is 18.0 Å². The molecular formula is C14H21NO4S. The standard InChI is InChI=1S/C14H21NO4S/c1-10(2)9-15(14(17)18)7-6-12(19-11(3)16)13-5-4-8-20-13/h4-5,8,10,12H,6-7,9H2,1-3H3,(H,17,18). The van der Waals surface area contributed by atoms with E-state index in [0.717, 1.165) is 4.88 Å². The van der Waals surface area contributed by atoms with Crippen LogP contribution >= 0.6 is 11.3 Å². The van der Waals surface area contributed by atoms with Crippen molar-refractivity contribution in [3.05, 3.63) is 22.4 Å². The van der Waals surface area contributed by atoms with Crippen LogP contribution in [0.15, 0.2) is 17.5 Å². The smallest absolute Gasteiger partial charge is 0.407 e. The summed E-state index contributed by atoms with van der Waals surface area (Å²) in [4.78, 5) is 24.6. The number of thiophene rings is 1. The molecule has 112 valence electrons. The van der Waals surface area contributed by atoms with Gasteiger partial charge >= 0.3 is 12.1 Å². The van der Waals surface area contributed by atoms with Crippen LogP contribution in [0, 0.1) is 5.92 Å².